The number of nitrogens with one attached hydrogen (secondary N) is 1. The number of rotatable bonds is 7. The molecule has 0 saturated carbocycles. The van der Waals surface area contributed by atoms with Gasteiger partial charge in [-0.05, 0) is 56.5 Å². The Morgan fingerprint density at radius 2 is 1.84 bits per heavy atom. The van der Waals surface area contributed by atoms with Gasteiger partial charge in [-0.1, -0.05) is 41.1 Å². The molecule has 2 aromatic heterocycles. The quantitative estimate of drug-likeness (QED) is 0.447. The topological polar surface area (TPSA) is 82.2 Å². The normalized spacial score (nSPS) is 10.9. The van der Waals surface area contributed by atoms with Gasteiger partial charge in [0.25, 0.3) is 5.91 Å². The lowest BCUT2D eigenvalue weighted by atomic mass is 10.1. The molecular formula is C25H26N4O3. The molecule has 0 spiro atoms. The van der Waals surface area contributed by atoms with Crippen LogP contribution in [0.4, 0.5) is 5.69 Å². The predicted molar refractivity (Wildman–Crippen MR) is 122 cm³/mol. The fraction of sp³-hybridized carbons (Fsp3) is 0.240. The molecule has 0 unspecified atom stereocenters. The Kier molecular flexibility index (Phi) is 6.07. The Labute approximate surface area is 187 Å². The van der Waals surface area contributed by atoms with E-state index in [0.717, 1.165) is 16.9 Å². The zero-order chi connectivity index (χ0) is 22.7. The van der Waals surface area contributed by atoms with Gasteiger partial charge in [0.2, 0.25) is 0 Å². The van der Waals surface area contributed by atoms with Gasteiger partial charge in [0.05, 0.1) is 24.0 Å². The molecule has 7 heteroatoms. The molecule has 4 rings (SSSR count). The smallest absolute Gasteiger partial charge is 0.278 e. The summed E-state index contributed by atoms with van der Waals surface area (Å²) in [4.78, 5) is 12.8. The number of amides is 1. The summed E-state index contributed by atoms with van der Waals surface area (Å²) in [5.74, 6) is 0.918. The third-order valence-electron chi connectivity index (χ3n) is 5.42. The number of carbonyl (C=O) groups excluding carboxylic acids is 1. The van der Waals surface area contributed by atoms with E-state index in [-0.39, 0.29) is 18.2 Å². The van der Waals surface area contributed by atoms with E-state index in [0.29, 0.717) is 23.6 Å². The maximum atomic E-state index is 12.8. The van der Waals surface area contributed by atoms with Gasteiger partial charge in [0.1, 0.15) is 18.1 Å². The number of ether oxygens (including phenoxy) is 1. The van der Waals surface area contributed by atoms with Gasteiger partial charge < -0.3 is 14.6 Å². The maximum absolute atomic E-state index is 12.8. The number of nitrogens with zero attached hydrogens (tertiary/aromatic N) is 3. The Hall–Kier alpha value is -3.87. The molecule has 0 fully saturated rings. The molecule has 2 aromatic carbocycles. The molecule has 4 aromatic rings. The molecule has 0 aliphatic rings. The highest BCUT2D eigenvalue weighted by atomic mass is 16.5. The molecule has 0 aliphatic heterocycles. The Morgan fingerprint density at radius 3 is 2.59 bits per heavy atom. The first-order valence-electron chi connectivity index (χ1n) is 10.4. The van der Waals surface area contributed by atoms with Crippen molar-refractivity contribution >= 4 is 11.6 Å². The lowest BCUT2D eigenvalue weighted by Crippen LogP contribution is -2.15. The van der Waals surface area contributed by atoms with Crippen LogP contribution in [0.5, 0.6) is 5.75 Å². The van der Waals surface area contributed by atoms with Crippen LogP contribution in [0.15, 0.2) is 59.4 Å². The fourth-order valence-corrected chi connectivity index (χ4v) is 3.28. The van der Waals surface area contributed by atoms with Gasteiger partial charge in [-0.2, -0.15) is 5.10 Å². The third-order valence-corrected chi connectivity index (χ3v) is 5.42. The number of aryl methyl sites for hydroxylation is 4. The van der Waals surface area contributed by atoms with Crippen molar-refractivity contribution in [3.63, 3.8) is 0 Å². The first-order chi connectivity index (χ1) is 15.4. The Balaban J connectivity index is 1.42. The first kappa shape index (κ1) is 21.4. The molecule has 2 heterocycles. The summed E-state index contributed by atoms with van der Waals surface area (Å²) in [5.41, 5.74) is 6.10. The average Bonchev–Trinajstić information content (AvgIpc) is 3.36. The monoisotopic (exact) mass is 430 g/mol. The summed E-state index contributed by atoms with van der Waals surface area (Å²) < 4.78 is 12.9. The molecule has 0 atom stereocenters. The van der Waals surface area contributed by atoms with Gasteiger partial charge in [-0.25, -0.2) is 0 Å². The molecule has 1 N–H and O–H groups in total. The zero-order valence-electron chi connectivity index (χ0n) is 18.7. The van der Waals surface area contributed by atoms with Crippen molar-refractivity contribution in [1.29, 1.82) is 0 Å². The van der Waals surface area contributed by atoms with Crippen LogP contribution in [0, 0.1) is 27.7 Å². The van der Waals surface area contributed by atoms with Crippen molar-refractivity contribution in [2.24, 2.45) is 0 Å². The molecule has 7 nitrogen and oxygen atoms in total. The molecule has 0 bridgehead atoms. The lowest BCUT2D eigenvalue weighted by Gasteiger charge is -2.08. The summed E-state index contributed by atoms with van der Waals surface area (Å²) in [6.45, 7) is 8.71. The molecule has 0 saturated heterocycles. The minimum absolute atomic E-state index is 0.188. The van der Waals surface area contributed by atoms with Crippen LogP contribution in [-0.4, -0.2) is 20.8 Å². The molecule has 164 valence electrons. The van der Waals surface area contributed by atoms with Gasteiger partial charge in [-0.15, -0.1) is 0 Å². The van der Waals surface area contributed by atoms with Crippen molar-refractivity contribution < 1.29 is 14.1 Å². The van der Waals surface area contributed by atoms with Gasteiger partial charge in [-0.3, -0.25) is 9.48 Å². The van der Waals surface area contributed by atoms with Gasteiger partial charge in [0.15, 0.2) is 5.69 Å². The fourth-order valence-electron chi connectivity index (χ4n) is 3.28. The molecular weight excluding hydrogens is 404 g/mol. The predicted octanol–water partition coefficient (Wildman–Crippen LogP) is 4.98. The first-order valence-corrected chi connectivity index (χ1v) is 10.4. The third kappa shape index (κ3) is 4.88. The van der Waals surface area contributed by atoms with Crippen LogP contribution in [0.3, 0.4) is 0 Å². The van der Waals surface area contributed by atoms with Crippen molar-refractivity contribution in [3.8, 4) is 5.75 Å². The van der Waals surface area contributed by atoms with Gasteiger partial charge in [0, 0.05) is 6.20 Å². The van der Waals surface area contributed by atoms with E-state index in [1.165, 1.54) is 11.1 Å². The largest absolute Gasteiger partial charge is 0.489 e. The number of carbonyl (C=O) groups is 1. The van der Waals surface area contributed by atoms with E-state index in [9.17, 15) is 4.79 Å². The van der Waals surface area contributed by atoms with Crippen LogP contribution in [0.1, 0.15) is 44.1 Å². The minimum Gasteiger partial charge on any atom is -0.489 e. The number of hydrogen-bond donors (Lipinski definition) is 1. The van der Waals surface area contributed by atoms with Crippen molar-refractivity contribution in [3.05, 3.63) is 94.1 Å². The van der Waals surface area contributed by atoms with Crippen LogP contribution in [-0.2, 0) is 13.2 Å². The summed E-state index contributed by atoms with van der Waals surface area (Å²) >= 11 is 0. The maximum Gasteiger partial charge on any atom is 0.278 e. The van der Waals surface area contributed by atoms with E-state index in [2.05, 4.69) is 53.7 Å². The van der Waals surface area contributed by atoms with Crippen molar-refractivity contribution in [2.75, 3.05) is 5.32 Å². The summed E-state index contributed by atoms with van der Waals surface area (Å²) in [6, 6.07) is 14.1. The van der Waals surface area contributed by atoms with Crippen molar-refractivity contribution in [2.45, 2.75) is 40.8 Å². The summed E-state index contributed by atoms with van der Waals surface area (Å²) in [5, 5.41) is 11.1. The molecule has 32 heavy (non-hydrogen) atoms. The highest BCUT2D eigenvalue weighted by molar-refractivity contribution is 6.03. The van der Waals surface area contributed by atoms with Crippen LogP contribution >= 0.6 is 0 Å². The second-order valence-corrected chi connectivity index (χ2v) is 7.97. The van der Waals surface area contributed by atoms with E-state index in [1.54, 1.807) is 24.0 Å². The Bertz CT molecular complexity index is 1240. The number of aromatic nitrogens is 3. The molecule has 0 radical (unpaired) electrons. The summed E-state index contributed by atoms with van der Waals surface area (Å²) in [7, 11) is 0. The number of anilines is 1. The molecule has 0 aliphatic carbocycles. The SMILES string of the molecule is Cc1ccc(Cn2cc(NC(=O)c3noc(C)c3COc3ccc(C)c(C)c3)cn2)cc1. The Morgan fingerprint density at radius 1 is 1.06 bits per heavy atom. The molecule has 1 amide bonds. The van der Waals surface area contributed by atoms with E-state index >= 15 is 0 Å². The van der Waals surface area contributed by atoms with Crippen LogP contribution in [0.2, 0.25) is 0 Å². The van der Waals surface area contributed by atoms with Crippen LogP contribution < -0.4 is 10.1 Å². The number of hydrogen-bond acceptors (Lipinski definition) is 5. The van der Waals surface area contributed by atoms with Gasteiger partial charge >= 0.3 is 0 Å². The van der Waals surface area contributed by atoms with Crippen molar-refractivity contribution in [1.82, 2.24) is 14.9 Å². The highest BCUT2D eigenvalue weighted by Crippen LogP contribution is 2.21. The average molecular weight is 431 g/mol. The highest BCUT2D eigenvalue weighted by Gasteiger charge is 2.21. The standard InChI is InChI=1S/C25H26N4O3/c1-16-5-8-20(9-6-16)13-29-14-21(12-26-29)27-25(30)24-23(19(4)32-28-24)15-31-22-10-7-17(2)18(3)11-22/h5-12,14H,13,15H2,1-4H3,(H,27,30). The van der Waals surface area contributed by atoms with Crippen LogP contribution in [0.25, 0.3) is 0 Å². The van der Waals surface area contributed by atoms with E-state index < -0.39 is 0 Å². The summed E-state index contributed by atoms with van der Waals surface area (Å²) in [6.07, 6.45) is 3.40. The van der Waals surface area contributed by atoms with E-state index in [4.69, 9.17) is 9.26 Å². The second-order valence-electron chi connectivity index (χ2n) is 7.97. The lowest BCUT2D eigenvalue weighted by molar-refractivity contribution is 0.101. The second kappa shape index (κ2) is 9.09. The number of benzene rings is 2. The minimum atomic E-state index is -0.365. The zero-order valence-corrected chi connectivity index (χ0v) is 18.7. The van der Waals surface area contributed by atoms with E-state index in [1.807, 2.05) is 25.1 Å².